The molecule has 19 heavy (non-hydrogen) atoms. The summed E-state index contributed by atoms with van der Waals surface area (Å²) >= 11 is 5.73. The van der Waals surface area contributed by atoms with Gasteiger partial charge in [0.1, 0.15) is 0 Å². The van der Waals surface area contributed by atoms with Gasteiger partial charge >= 0.3 is 0 Å². The molecule has 0 fully saturated rings. The molecular weight excluding hydrogens is 260 g/mol. The number of alkyl halides is 1. The highest BCUT2D eigenvalue weighted by Gasteiger charge is 2.06. The molecule has 0 aliphatic carbocycles. The zero-order valence-corrected chi connectivity index (χ0v) is 10.8. The van der Waals surface area contributed by atoms with Crippen LogP contribution >= 0.6 is 11.6 Å². The van der Waals surface area contributed by atoms with Crippen LogP contribution in [0.4, 0.5) is 5.69 Å². The second-order valence-corrected chi connectivity index (χ2v) is 4.24. The maximum atomic E-state index is 12.0. The van der Waals surface area contributed by atoms with Crippen LogP contribution in [-0.2, 0) is 5.88 Å². The molecule has 0 spiro atoms. The Balaban J connectivity index is 2.13. The summed E-state index contributed by atoms with van der Waals surface area (Å²) in [5.41, 5.74) is 2.67. The Hall–Kier alpha value is -2.31. The first-order valence-electron chi connectivity index (χ1n) is 5.69. The third-order valence-electron chi connectivity index (χ3n) is 2.62. The number of benzene rings is 2. The fraction of sp³-hybridized carbons (Fsp3) is 0.0667. The van der Waals surface area contributed by atoms with E-state index in [2.05, 4.69) is 5.32 Å². The minimum Gasteiger partial charge on any atom is -0.322 e. The Morgan fingerprint density at radius 2 is 1.95 bits per heavy atom. The number of nitrogens with one attached hydrogen (secondary N) is 1. The van der Waals surface area contributed by atoms with E-state index in [1.807, 2.05) is 12.1 Å². The van der Waals surface area contributed by atoms with Crippen LogP contribution in [0.25, 0.3) is 0 Å². The Morgan fingerprint density at radius 1 is 1.21 bits per heavy atom. The van der Waals surface area contributed by atoms with Gasteiger partial charge in [0.15, 0.2) is 0 Å². The highest BCUT2D eigenvalue weighted by molar-refractivity contribution is 6.17. The van der Waals surface area contributed by atoms with Gasteiger partial charge in [-0.1, -0.05) is 12.1 Å². The maximum absolute atomic E-state index is 12.0. The highest BCUT2D eigenvalue weighted by atomic mass is 35.5. The molecule has 2 rings (SSSR count). The summed E-state index contributed by atoms with van der Waals surface area (Å²) in [6.45, 7) is 0. The summed E-state index contributed by atoms with van der Waals surface area (Å²) in [6.07, 6.45) is 0. The fourth-order valence-corrected chi connectivity index (χ4v) is 1.79. The molecule has 4 heteroatoms. The number of nitrogens with zero attached hydrogens (tertiary/aromatic N) is 1. The van der Waals surface area contributed by atoms with Crippen molar-refractivity contribution < 1.29 is 4.79 Å². The van der Waals surface area contributed by atoms with Crippen LogP contribution in [0.5, 0.6) is 0 Å². The van der Waals surface area contributed by atoms with E-state index in [0.29, 0.717) is 22.7 Å². The number of anilines is 1. The minimum atomic E-state index is -0.198. The predicted octanol–water partition coefficient (Wildman–Crippen LogP) is 3.55. The number of nitriles is 1. The molecule has 2 aromatic carbocycles. The van der Waals surface area contributed by atoms with Crippen LogP contribution in [-0.4, -0.2) is 5.91 Å². The van der Waals surface area contributed by atoms with E-state index in [-0.39, 0.29) is 5.91 Å². The van der Waals surface area contributed by atoms with Crippen molar-refractivity contribution >= 4 is 23.2 Å². The summed E-state index contributed by atoms with van der Waals surface area (Å²) in [7, 11) is 0. The van der Waals surface area contributed by atoms with Gasteiger partial charge in [0, 0.05) is 17.1 Å². The lowest BCUT2D eigenvalue weighted by atomic mass is 10.1. The number of hydrogen-bond acceptors (Lipinski definition) is 2. The molecule has 0 radical (unpaired) electrons. The van der Waals surface area contributed by atoms with E-state index < -0.39 is 0 Å². The van der Waals surface area contributed by atoms with Crippen LogP contribution < -0.4 is 5.32 Å². The number of halogens is 1. The second kappa shape index (κ2) is 6.03. The molecule has 94 valence electrons. The summed E-state index contributed by atoms with van der Waals surface area (Å²) < 4.78 is 0. The van der Waals surface area contributed by atoms with Crippen molar-refractivity contribution in [3.05, 3.63) is 65.2 Å². The van der Waals surface area contributed by atoms with Gasteiger partial charge < -0.3 is 5.32 Å². The van der Waals surface area contributed by atoms with E-state index in [1.54, 1.807) is 42.5 Å². The molecular formula is C15H11ClN2O. The summed E-state index contributed by atoms with van der Waals surface area (Å²) in [6, 6.07) is 15.9. The maximum Gasteiger partial charge on any atom is 0.255 e. The highest BCUT2D eigenvalue weighted by Crippen LogP contribution is 2.12. The second-order valence-electron chi connectivity index (χ2n) is 3.98. The van der Waals surface area contributed by atoms with E-state index in [4.69, 9.17) is 16.9 Å². The predicted molar refractivity (Wildman–Crippen MR) is 75.1 cm³/mol. The SMILES string of the molecule is N#Cc1ccc(NC(=O)c2cccc(CCl)c2)cc1. The van der Waals surface area contributed by atoms with Crippen LogP contribution in [0.3, 0.4) is 0 Å². The molecule has 2 aromatic rings. The number of rotatable bonds is 3. The minimum absolute atomic E-state index is 0.198. The lowest BCUT2D eigenvalue weighted by Crippen LogP contribution is -2.11. The normalized spacial score (nSPS) is 9.68. The Bertz CT molecular complexity index is 629. The average Bonchev–Trinajstić information content (AvgIpc) is 2.48. The first-order valence-corrected chi connectivity index (χ1v) is 6.23. The molecule has 0 aromatic heterocycles. The Labute approximate surface area is 116 Å². The molecule has 0 aliphatic heterocycles. The number of amides is 1. The van der Waals surface area contributed by atoms with Crippen molar-refractivity contribution in [2.24, 2.45) is 0 Å². The standard InChI is InChI=1S/C15H11ClN2O/c16-9-12-2-1-3-13(8-12)15(19)18-14-6-4-11(10-17)5-7-14/h1-8H,9H2,(H,18,19). The van der Waals surface area contributed by atoms with Crippen molar-refractivity contribution in [3.63, 3.8) is 0 Å². The molecule has 0 saturated heterocycles. The van der Waals surface area contributed by atoms with Gasteiger partial charge in [-0.15, -0.1) is 11.6 Å². The summed E-state index contributed by atoms with van der Waals surface area (Å²) in [5.74, 6) is 0.175. The zero-order chi connectivity index (χ0) is 13.7. The summed E-state index contributed by atoms with van der Waals surface area (Å²) in [5, 5.41) is 11.5. The van der Waals surface area contributed by atoms with E-state index >= 15 is 0 Å². The third kappa shape index (κ3) is 3.34. The fourth-order valence-electron chi connectivity index (χ4n) is 1.63. The molecule has 0 bridgehead atoms. The van der Waals surface area contributed by atoms with Gasteiger partial charge in [-0.2, -0.15) is 5.26 Å². The quantitative estimate of drug-likeness (QED) is 0.867. The molecule has 0 atom stereocenters. The van der Waals surface area contributed by atoms with Gasteiger partial charge in [-0.25, -0.2) is 0 Å². The first-order chi connectivity index (χ1) is 9.22. The summed E-state index contributed by atoms with van der Waals surface area (Å²) in [4.78, 5) is 12.0. The van der Waals surface area contributed by atoms with Gasteiger partial charge in [-0.3, -0.25) is 4.79 Å². The topological polar surface area (TPSA) is 52.9 Å². The van der Waals surface area contributed by atoms with Crippen molar-refractivity contribution in [2.45, 2.75) is 5.88 Å². The van der Waals surface area contributed by atoms with Crippen LogP contribution in [0, 0.1) is 11.3 Å². The van der Waals surface area contributed by atoms with Crippen molar-refractivity contribution in [2.75, 3.05) is 5.32 Å². The van der Waals surface area contributed by atoms with Gasteiger partial charge in [0.2, 0.25) is 0 Å². The van der Waals surface area contributed by atoms with Crippen molar-refractivity contribution in [1.29, 1.82) is 5.26 Å². The largest absolute Gasteiger partial charge is 0.322 e. The molecule has 0 unspecified atom stereocenters. The monoisotopic (exact) mass is 270 g/mol. The molecule has 0 saturated carbocycles. The zero-order valence-electron chi connectivity index (χ0n) is 10.1. The van der Waals surface area contributed by atoms with Gasteiger partial charge in [0.05, 0.1) is 11.6 Å². The lowest BCUT2D eigenvalue weighted by molar-refractivity contribution is 0.102. The van der Waals surface area contributed by atoms with E-state index in [9.17, 15) is 4.79 Å². The van der Waals surface area contributed by atoms with E-state index in [0.717, 1.165) is 5.56 Å². The molecule has 1 amide bonds. The Kier molecular flexibility index (Phi) is 4.17. The molecule has 1 N–H and O–H groups in total. The molecule has 3 nitrogen and oxygen atoms in total. The number of carbonyl (C=O) groups is 1. The molecule has 0 aliphatic rings. The number of carbonyl (C=O) groups excluding carboxylic acids is 1. The van der Waals surface area contributed by atoms with Crippen LogP contribution in [0.2, 0.25) is 0 Å². The first kappa shape index (κ1) is 13.1. The average molecular weight is 271 g/mol. The smallest absolute Gasteiger partial charge is 0.255 e. The lowest BCUT2D eigenvalue weighted by Gasteiger charge is -2.06. The molecule has 0 heterocycles. The van der Waals surface area contributed by atoms with Crippen LogP contribution in [0.15, 0.2) is 48.5 Å². The van der Waals surface area contributed by atoms with Gasteiger partial charge in [0.25, 0.3) is 5.91 Å². The van der Waals surface area contributed by atoms with Crippen molar-refractivity contribution in [1.82, 2.24) is 0 Å². The van der Waals surface area contributed by atoms with Crippen molar-refractivity contribution in [3.8, 4) is 6.07 Å². The Morgan fingerprint density at radius 3 is 2.58 bits per heavy atom. The number of hydrogen-bond donors (Lipinski definition) is 1. The van der Waals surface area contributed by atoms with Gasteiger partial charge in [-0.05, 0) is 42.0 Å². The van der Waals surface area contributed by atoms with Crippen LogP contribution in [0.1, 0.15) is 21.5 Å². The van der Waals surface area contributed by atoms with E-state index in [1.165, 1.54) is 0 Å². The third-order valence-corrected chi connectivity index (χ3v) is 2.92.